The van der Waals surface area contributed by atoms with E-state index < -0.39 is 6.17 Å². The number of para-hydroxylation sites is 1. The van der Waals surface area contributed by atoms with E-state index in [4.69, 9.17) is 10.5 Å². The fourth-order valence-corrected chi connectivity index (χ4v) is 3.35. The van der Waals surface area contributed by atoms with Crippen molar-refractivity contribution in [1.29, 1.82) is 0 Å². The number of fused-ring (bicyclic) bond motifs is 1. The molecular formula is C23H21N3O2. The molecule has 5 heteroatoms. The fourth-order valence-electron chi connectivity index (χ4n) is 3.35. The summed E-state index contributed by atoms with van der Waals surface area (Å²) in [5.41, 5.74) is 10.5. The Labute approximate surface area is 164 Å². The second kappa shape index (κ2) is 7.66. The lowest BCUT2D eigenvalue weighted by Crippen LogP contribution is -2.41. The molecular weight excluding hydrogens is 350 g/mol. The van der Waals surface area contributed by atoms with Crippen LogP contribution in [0.4, 0.5) is 5.69 Å². The van der Waals surface area contributed by atoms with E-state index in [1.54, 1.807) is 12.0 Å². The number of ether oxygens (including phenoxy) is 1. The minimum absolute atomic E-state index is 0.228. The average molecular weight is 371 g/mol. The number of rotatable bonds is 4. The van der Waals surface area contributed by atoms with Gasteiger partial charge in [-0.25, -0.2) is 0 Å². The smallest absolute Gasteiger partial charge is 0.266 e. The molecule has 0 spiro atoms. The van der Waals surface area contributed by atoms with Gasteiger partial charge in [0.05, 0.1) is 25.1 Å². The molecule has 140 valence electrons. The molecule has 28 heavy (non-hydrogen) atoms. The molecule has 3 aromatic rings. The van der Waals surface area contributed by atoms with E-state index in [0.29, 0.717) is 6.54 Å². The molecule has 4 rings (SSSR count). The molecule has 1 aliphatic rings. The Morgan fingerprint density at radius 1 is 0.964 bits per heavy atom. The van der Waals surface area contributed by atoms with E-state index in [-0.39, 0.29) is 5.91 Å². The number of hydrogen-bond donors (Lipinski definition) is 1. The van der Waals surface area contributed by atoms with Crippen molar-refractivity contribution >= 4 is 17.3 Å². The number of hydrogen-bond acceptors (Lipinski definition) is 4. The van der Waals surface area contributed by atoms with Gasteiger partial charge in [-0.15, -0.1) is 0 Å². The Bertz CT molecular complexity index is 1010. The van der Waals surface area contributed by atoms with E-state index in [9.17, 15) is 4.79 Å². The normalized spacial score (nSPS) is 16.2. The van der Waals surface area contributed by atoms with Crippen molar-refractivity contribution in [3.05, 3.63) is 95.6 Å². The van der Waals surface area contributed by atoms with E-state index in [1.807, 2.05) is 78.9 Å². The Kier molecular flexibility index (Phi) is 4.91. The zero-order valence-corrected chi connectivity index (χ0v) is 15.6. The number of nitrogens with zero attached hydrogens (tertiary/aromatic N) is 2. The number of aliphatic imine (C=N–C) groups is 1. The van der Waals surface area contributed by atoms with Crippen LogP contribution in [0.5, 0.6) is 5.75 Å². The molecule has 0 unspecified atom stereocenters. The second-order valence-corrected chi connectivity index (χ2v) is 6.58. The van der Waals surface area contributed by atoms with E-state index >= 15 is 0 Å². The summed E-state index contributed by atoms with van der Waals surface area (Å²) in [6.07, 6.45) is -0.958. The minimum atomic E-state index is -0.958. The lowest BCUT2D eigenvalue weighted by molar-refractivity contribution is -0.119. The van der Waals surface area contributed by atoms with E-state index in [2.05, 4.69) is 4.99 Å². The monoisotopic (exact) mass is 371 g/mol. The molecule has 5 nitrogen and oxygen atoms in total. The van der Waals surface area contributed by atoms with E-state index in [0.717, 1.165) is 33.8 Å². The summed E-state index contributed by atoms with van der Waals surface area (Å²) >= 11 is 0. The number of benzene rings is 3. The van der Waals surface area contributed by atoms with Crippen molar-refractivity contribution < 1.29 is 9.53 Å². The van der Waals surface area contributed by atoms with Gasteiger partial charge in [-0.3, -0.25) is 9.79 Å². The Hall–Kier alpha value is -3.44. The van der Waals surface area contributed by atoms with Crippen molar-refractivity contribution in [2.45, 2.75) is 12.7 Å². The molecule has 2 N–H and O–H groups in total. The lowest BCUT2D eigenvalue weighted by atomic mass is 10.00. The molecule has 0 fully saturated rings. The summed E-state index contributed by atoms with van der Waals surface area (Å²) in [6, 6.07) is 25.3. The average Bonchev–Trinajstić information content (AvgIpc) is 2.85. The van der Waals surface area contributed by atoms with Crippen LogP contribution in [0.3, 0.4) is 0 Å². The van der Waals surface area contributed by atoms with Crippen LogP contribution in [0.2, 0.25) is 0 Å². The second-order valence-electron chi connectivity index (χ2n) is 6.58. The van der Waals surface area contributed by atoms with Crippen LogP contribution in [-0.4, -0.2) is 24.9 Å². The van der Waals surface area contributed by atoms with Crippen LogP contribution in [0.15, 0.2) is 83.9 Å². The molecule has 1 heterocycles. The first kappa shape index (κ1) is 17.9. The fraction of sp³-hybridized carbons (Fsp3) is 0.130. The molecule has 0 radical (unpaired) electrons. The van der Waals surface area contributed by atoms with Gasteiger partial charge < -0.3 is 15.4 Å². The van der Waals surface area contributed by atoms with Crippen molar-refractivity contribution in [3.8, 4) is 5.75 Å². The van der Waals surface area contributed by atoms with Crippen LogP contribution in [0.1, 0.15) is 16.7 Å². The van der Waals surface area contributed by atoms with Crippen molar-refractivity contribution in [2.24, 2.45) is 10.7 Å². The van der Waals surface area contributed by atoms with Crippen LogP contribution >= 0.6 is 0 Å². The molecule has 1 amide bonds. The maximum atomic E-state index is 13.1. The first-order valence-electron chi connectivity index (χ1n) is 9.10. The van der Waals surface area contributed by atoms with Gasteiger partial charge in [0.2, 0.25) is 0 Å². The Morgan fingerprint density at radius 2 is 1.64 bits per heavy atom. The van der Waals surface area contributed by atoms with Crippen LogP contribution in [-0.2, 0) is 11.3 Å². The van der Waals surface area contributed by atoms with Crippen molar-refractivity contribution in [3.63, 3.8) is 0 Å². The standard InChI is InChI=1S/C23H21N3O2/c1-28-18-13-11-16(12-14-18)15-26-20-10-6-5-9-19(20)21(25-22(24)23(26)27)17-7-3-2-4-8-17/h2-14,22H,15,24H2,1H3/t22-/m0/s1. The third-order valence-corrected chi connectivity index (χ3v) is 4.78. The number of benzodiazepines with no additional fused rings is 1. The molecule has 0 aromatic heterocycles. The summed E-state index contributed by atoms with van der Waals surface area (Å²) in [4.78, 5) is 19.4. The molecule has 0 saturated heterocycles. The maximum absolute atomic E-state index is 13.1. The summed E-state index contributed by atoms with van der Waals surface area (Å²) in [5.74, 6) is 0.548. The topological polar surface area (TPSA) is 67.9 Å². The molecule has 0 saturated carbocycles. The summed E-state index contributed by atoms with van der Waals surface area (Å²) in [5, 5.41) is 0. The Balaban J connectivity index is 1.78. The van der Waals surface area contributed by atoms with Gasteiger partial charge in [0.15, 0.2) is 6.17 Å². The highest BCUT2D eigenvalue weighted by Crippen LogP contribution is 2.29. The minimum Gasteiger partial charge on any atom is -0.497 e. The quantitative estimate of drug-likeness (QED) is 0.765. The third kappa shape index (κ3) is 3.40. The Morgan fingerprint density at radius 3 is 2.36 bits per heavy atom. The molecule has 0 bridgehead atoms. The predicted molar refractivity (Wildman–Crippen MR) is 111 cm³/mol. The van der Waals surface area contributed by atoms with Gasteiger partial charge >= 0.3 is 0 Å². The molecule has 3 aromatic carbocycles. The molecule has 1 atom stereocenters. The van der Waals surface area contributed by atoms with Gasteiger partial charge in [-0.2, -0.15) is 0 Å². The number of nitrogens with two attached hydrogens (primary N) is 1. The number of methoxy groups -OCH3 is 1. The zero-order chi connectivity index (χ0) is 19.5. The van der Waals surface area contributed by atoms with Crippen LogP contribution in [0, 0.1) is 0 Å². The van der Waals surface area contributed by atoms with Gasteiger partial charge in [-0.05, 0) is 23.8 Å². The SMILES string of the molecule is COc1ccc(CN2C(=O)[C@@H](N)N=C(c3ccccc3)c3ccccc32)cc1. The van der Waals surface area contributed by atoms with Crippen LogP contribution < -0.4 is 15.4 Å². The summed E-state index contributed by atoms with van der Waals surface area (Å²) in [7, 11) is 1.63. The van der Waals surface area contributed by atoms with Crippen molar-refractivity contribution in [1.82, 2.24) is 0 Å². The van der Waals surface area contributed by atoms with Gasteiger partial charge in [0, 0.05) is 11.1 Å². The van der Waals surface area contributed by atoms with Gasteiger partial charge in [-0.1, -0.05) is 60.7 Å². The highest BCUT2D eigenvalue weighted by Gasteiger charge is 2.29. The number of anilines is 1. The third-order valence-electron chi connectivity index (χ3n) is 4.78. The predicted octanol–water partition coefficient (Wildman–Crippen LogP) is 3.36. The largest absolute Gasteiger partial charge is 0.497 e. The van der Waals surface area contributed by atoms with Crippen LogP contribution in [0.25, 0.3) is 0 Å². The molecule has 1 aliphatic heterocycles. The number of amides is 1. The molecule has 0 aliphatic carbocycles. The van der Waals surface area contributed by atoms with Crippen molar-refractivity contribution in [2.75, 3.05) is 12.0 Å². The summed E-state index contributed by atoms with van der Waals surface area (Å²) in [6.45, 7) is 0.408. The number of carbonyl (C=O) groups is 1. The van der Waals surface area contributed by atoms with Gasteiger partial charge in [0.25, 0.3) is 5.91 Å². The number of carbonyl (C=O) groups excluding carboxylic acids is 1. The van der Waals surface area contributed by atoms with E-state index in [1.165, 1.54) is 0 Å². The highest BCUT2D eigenvalue weighted by atomic mass is 16.5. The summed E-state index contributed by atoms with van der Waals surface area (Å²) < 4.78 is 5.22. The first-order chi connectivity index (χ1) is 13.7. The van der Waals surface area contributed by atoms with Gasteiger partial charge in [0.1, 0.15) is 5.75 Å². The highest BCUT2D eigenvalue weighted by molar-refractivity contribution is 6.20. The first-order valence-corrected chi connectivity index (χ1v) is 9.10. The lowest BCUT2D eigenvalue weighted by Gasteiger charge is -2.24. The maximum Gasteiger partial charge on any atom is 0.266 e. The zero-order valence-electron chi connectivity index (χ0n) is 15.6.